The average Bonchev–Trinajstić information content (AvgIpc) is 3.34. The molecule has 0 spiro atoms. The number of pyridine rings is 1. The Kier molecular flexibility index (Phi) is 4.15. The van der Waals surface area contributed by atoms with Gasteiger partial charge in [-0.2, -0.15) is 0 Å². The van der Waals surface area contributed by atoms with Crippen LogP contribution in [0.25, 0.3) is 11.4 Å². The minimum atomic E-state index is -3.53. The highest BCUT2D eigenvalue weighted by atomic mass is 32.2. The van der Waals surface area contributed by atoms with E-state index in [2.05, 4.69) is 40.1 Å². The summed E-state index contributed by atoms with van der Waals surface area (Å²) < 4.78 is 26.6. The maximum atomic E-state index is 12.2. The van der Waals surface area contributed by atoms with Crippen molar-refractivity contribution in [2.24, 2.45) is 0 Å². The summed E-state index contributed by atoms with van der Waals surface area (Å²) in [4.78, 5) is 10.3. The molecule has 3 aromatic heterocycles. The van der Waals surface area contributed by atoms with Crippen molar-refractivity contribution in [1.82, 2.24) is 35.2 Å². The molecule has 4 rings (SSSR count). The van der Waals surface area contributed by atoms with Crippen molar-refractivity contribution in [1.29, 1.82) is 0 Å². The summed E-state index contributed by atoms with van der Waals surface area (Å²) in [5.41, 5.74) is 1.18. The van der Waals surface area contributed by atoms with Crippen molar-refractivity contribution in [3.8, 4) is 11.4 Å². The van der Waals surface area contributed by atoms with Crippen molar-refractivity contribution in [2.75, 3.05) is 24.2 Å². The van der Waals surface area contributed by atoms with Gasteiger partial charge < -0.3 is 9.47 Å². The number of aromatic amines is 1. The number of nitrogens with one attached hydrogen (secondary N) is 1. The number of sulfone groups is 1. The van der Waals surface area contributed by atoms with Gasteiger partial charge >= 0.3 is 0 Å². The molecule has 10 nitrogen and oxygen atoms in total. The van der Waals surface area contributed by atoms with E-state index in [9.17, 15) is 8.42 Å². The van der Waals surface area contributed by atoms with Gasteiger partial charge in [-0.05, 0) is 29.3 Å². The molecule has 0 saturated carbocycles. The van der Waals surface area contributed by atoms with Crippen LogP contribution in [-0.2, 0) is 9.84 Å². The smallest absolute Gasteiger partial charge is 0.193 e. The summed E-state index contributed by atoms with van der Waals surface area (Å²) in [6.45, 7) is 1.56. The molecule has 0 aliphatic carbocycles. The zero-order valence-electron chi connectivity index (χ0n) is 14.1. The van der Waals surface area contributed by atoms with Crippen LogP contribution in [0, 0.1) is 0 Å². The Bertz CT molecular complexity index is 977. The highest BCUT2D eigenvalue weighted by Gasteiger charge is 2.27. The van der Waals surface area contributed by atoms with E-state index >= 15 is 0 Å². The van der Waals surface area contributed by atoms with Gasteiger partial charge in [-0.3, -0.25) is 0 Å². The van der Waals surface area contributed by atoms with Crippen LogP contribution in [0.5, 0.6) is 0 Å². The quantitative estimate of drug-likeness (QED) is 0.708. The molecule has 0 amide bonds. The standard InChI is InChI=1S/C15H18N8O2S/c1-26(24,25)15-13(14-18-20-21-19-14)12(2-5-17-15)22-7-3-11(4-8-22)23-9-6-16-10-23/h2,5-6,9-11H,3-4,7-8H2,1H3,(H,18,19,20,21). The van der Waals surface area contributed by atoms with Crippen LogP contribution in [0.1, 0.15) is 18.9 Å². The van der Waals surface area contributed by atoms with Crippen LogP contribution < -0.4 is 4.90 Å². The van der Waals surface area contributed by atoms with E-state index in [-0.39, 0.29) is 5.03 Å². The number of hydrogen-bond donors (Lipinski definition) is 1. The molecule has 1 N–H and O–H groups in total. The summed E-state index contributed by atoms with van der Waals surface area (Å²) in [6.07, 6.45) is 10.1. The monoisotopic (exact) mass is 374 g/mol. The molecule has 26 heavy (non-hydrogen) atoms. The molecule has 0 atom stereocenters. The van der Waals surface area contributed by atoms with Gasteiger partial charge in [0.2, 0.25) is 0 Å². The lowest BCUT2D eigenvalue weighted by atomic mass is 10.0. The van der Waals surface area contributed by atoms with Crippen molar-refractivity contribution < 1.29 is 8.42 Å². The maximum absolute atomic E-state index is 12.2. The Hall–Kier alpha value is -2.82. The van der Waals surface area contributed by atoms with Gasteiger partial charge in [0, 0.05) is 44.0 Å². The second kappa shape index (κ2) is 6.48. The van der Waals surface area contributed by atoms with Crippen molar-refractivity contribution in [3.63, 3.8) is 0 Å². The van der Waals surface area contributed by atoms with E-state index in [4.69, 9.17) is 0 Å². The lowest BCUT2D eigenvalue weighted by molar-refractivity contribution is 0.396. The van der Waals surface area contributed by atoms with Crippen LogP contribution in [0.2, 0.25) is 0 Å². The number of imidazole rings is 1. The number of hydrogen-bond acceptors (Lipinski definition) is 8. The Morgan fingerprint density at radius 2 is 2.04 bits per heavy atom. The zero-order valence-corrected chi connectivity index (χ0v) is 15.0. The van der Waals surface area contributed by atoms with Gasteiger partial charge in [0.25, 0.3) is 0 Å². The molecule has 0 radical (unpaired) electrons. The van der Waals surface area contributed by atoms with Gasteiger partial charge in [0.15, 0.2) is 20.7 Å². The first-order chi connectivity index (χ1) is 12.5. The third-order valence-electron chi connectivity index (χ3n) is 4.58. The summed E-state index contributed by atoms with van der Waals surface area (Å²) in [5, 5.41) is 13.7. The number of aromatic nitrogens is 7. The van der Waals surface area contributed by atoms with Crippen molar-refractivity contribution in [2.45, 2.75) is 23.9 Å². The SMILES string of the molecule is CS(=O)(=O)c1nccc(N2CCC(n3ccnc3)CC2)c1-c1nnn[nH]1. The molecule has 0 unspecified atom stereocenters. The summed E-state index contributed by atoms with van der Waals surface area (Å²) in [7, 11) is -3.53. The van der Waals surface area contributed by atoms with Crippen LogP contribution in [0.4, 0.5) is 5.69 Å². The van der Waals surface area contributed by atoms with E-state index in [1.54, 1.807) is 6.20 Å². The fourth-order valence-corrected chi connectivity index (χ4v) is 4.18. The second-order valence-corrected chi connectivity index (χ2v) is 8.19. The van der Waals surface area contributed by atoms with Crippen molar-refractivity contribution in [3.05, 3.63) is 31.0 Å². The zero-order chi connectivity index (χ0) is 18.1. The predicted molar refractivity (Wildman–Crippen MR) is 93.2 cm³/mol. The number of tetrazole rings is 1. The van der Waals surface area contributed by atoms with Gasteiger partial charge in [-0.25, -0.2) is 23.5 Å². The van der Waals surface area contributed by atoms with Crippen molar-refractivity contribution >= 4 is 15.5 Å². The normalized spacial score (nSPS) is 16.1. The van der Waals surface area contributed by atoms with E-state index < -0.39 is 9.84 Å². The van der Waals surface area contributed by atoms with E-state index in [1.165, 1.54) is 6.20 Å². The number of nitrogens with zero attached hydrogens (tertiary/aromatic N) is 7. The highest BCUT2D eigenvalue weighted by Crippen LogP contribution is 2.35. The van der Waals surface area contributed by atoms with E-state index in [0.29, 0.717) is 17.4 Å². The summed E-state index contributed by atoms with van der Waals surface area (Å²) >= 11 is 0. The molecular weight excluding hydrogens is 356 g/mol. The maximum Gasteiger partial charge on any atom is 0.193 e. The first-order valence-corrected chi connectivity index (χ1v) is 10.1. The second-order valence-electron chi connectivity index (χ2n) is 6.26. The summed E-state index contributed by atoms with van der Waals surface area (Å²) in [6, 6.07) is 2.20. The first kappa shape index (κ1) is 16.6. The van der Waals surface area contributed by atoms with Crippen LogP contribution >= 0.6 is 0 Å². The minimum Gasteiger partial charge on any atom is -0.371 e. The molecular formula is C15H18N8O2S. The molecule has 0 bridgehead atoms. The van der Waals surface area contributed by atoms with Gasteiger partial charge in [0.1, 0.15) is 0 Å². The number of rotatable bonds is 4. The van der Waals surface area contributed by atoms with Gasteiger partial charge in [-0.1, -0.05) is 0 Å². The third-order valence-corrected chi connectivity index (χ3v) is 5.59. The Morgan fingerprint density at radius 1 is 1.23 bits per heavy atom. The average molecular weight is 374 g/mol. The molecule has 1 aliphatic rings. The van der Waals surface area contributed by atoms with Crippen LogP contribution in [0.15, 0.2) is 36.0 Å². The predicted octanol–water partition coefficient (Wildman–Crippen LogP) is 0.703. The number of piperidine rings is 1. The lowest BCUT2D eigenvalue weighted by Gasteiger charge is -2.35. The first-order valence-electron chi connectivity index (χ1n) is 8.19. The molecule has 11 heteroatoms. The highest BCUT2D eigenvalue weighted by molar-refractivity contribution is 7.90. The molecule has 0 aromatic carbocycles. The van der Waals surface area contributed by atoms with Crippen LogP contribution in [0.3, 0.4) is 0 Å². The summed E-state index contributed by atoms with van der Waals surface area (Å²) in [5.74, 6) is 0.297. The fourth-order valence-electron chi connectivity index (χ4n) is 3.36. The topological polar surface area (TPSA) is 123 Å². The third kappa shape index (κ3) is 3.05. The molecule has 1 fully saturated rings. The minimum absolute atomic E-state index is 0.0229. The Morgan fingerprint density at radius 3 is 2.65 bits per heavy atom. The fraction of sp³-hybridized carbons (Fsp3) is 0.400. The Labute approximate surface area is 150 Å². The molecule has 136 valence electrons. The molecule has 1 saturated heterocycles. The molecule has 3 aromatic rings. The van der Waals surface area contributed by atoms with E-state index in [0.717, 1.165) is 37.9 Å². The molecule has 4 heterocycles. The molecule has 1 aliphatic heterocycles. The largest absolute Gasteiger partial charge is 0.371 e. The van der Waals surface area contributed by atoms with Crippen LogP contribution in [-0.4, -0.2) is 62.9 Å². The van der Waals surface area contributed by atoms with Gasteiger partial charge in [0.05, 0.1) is 17.6 Å². The Balaban J connectivity index is 1.69. The van der Waals surface area contributed by atoms with E-state index in [1.807, 2.05) is 18.6 Å². The van der Waals surface area contributed by atoms with Gasteiger partial charge in [-0.15, -0.1) is 5.10 Å². The number of anilines is 1. The lowest BCUT2D eigenvalue weighted by Crippen LogP contribution is -2.35. The number of H-pyrrole nitrogens is 1.